The van der Waals surface area contributed by atoms with Gasteiger partial charge in [-0.1, -0.05) is 53.5 Å². The van der Waals surface area contributed by atoms with Crippen molar-refractivity contribution in [2.75, 3.05) is 14.2 Å². The van der Waals surface area contributed by atoms with Crippen LogP contribution in [-0.2, 0) is 0 Å². The molecule has 0 spiro atoms. The molecule has 1 aliphatic heterocycles. The lowest BCUT2D eigenvalue weighted by atomic mass is 9.89. The molecule has 0 radical (unpaired) electrons. The van der Waals surface area contributed by atoms with Gasteiger partial charge in [0, 0.05) is 23.9 Å². The van der Waals surface area contributed by atoms with Crippen LogP contribution in [0.3, 0.4) is 0 Å². The second kappa shape index (κ2) is 7.89. The molecule has 2 aromatic carbocycles. The third-order valence-corrected chi connectivity index (χ3v) is 5.55. The summed E-state index contributed by atoms with van der Waals surface area (Å²) >= 11 is 18.1. The van der Waals surface area contributed by atoms with E-state index >= 15 is 0 Å². The lowest BCUT2D eigenvalue weighted by Gasteiger charge is -2.36. The van der Waals surface area contributed by atoms with Gasteiger partial charge in [-0.2, -0.15) is 0 Å². The number of thiocarbonyl (C=S) groups is 1. The number of allylic oxidation sites excluding steroid dienone is 1. The highest BCUT2D eigenvalue weighted by atomic mass is 35.5. The van der Waals surface area contributed by atoms with E-state index in [1.54, 1.807) is 29.2 Å². The van der Waals surface area contributed by atoms with Gasteiger partial charge in [0.1, 0.15) is 0 Å². The molecule has 1 heterocycles. The first kappa shape index (κ1) is 19.7. The van der Waals surface area contributed by atoms with Crippen molar-refractivity contribution in [2.24, 2.45) is 0 Å². The number of hydrogen-bond donors (Lipinski definition) is 1. The van der Waals surface area contributed by atoms with Crippen molar-refractivity contribution < 1.29 is 9.53 Å². The molecule has 0 saturated carbocycles. The normalized spacial score (nSPS) is 17.0. The zero-order valence-electron chi connectivity index (χ0n) is 15.0. The van der Waals surface area contributed by atoms with Crippen LogP contribution < -0.4 is 10.1 Å². The molecule has 7 heteroatoms. The number of carbonyl (C=O) groups excluding carboxylic acids is 1. The van der Waals surface area contributed by atoms with E-state index in [1.165, 1.54) is 7.11 Å². The molecule has 1 unspecified atom stereocenters. The summed E-state index contributed by atoms with van der Waals surface area (Å²) < 4.78 is 5.22. The Morgan fingerprint density at radius 3 is 2.33 bits per heavy atom. The molecule has 0 amide bonds. The second-order valence-corrected chi connectivity index (χ2v) is 7.35. The molecule has 1 N–H and O–H groups in total. The fourth-order valence-electron chi connectivity index (χ4n) is 3.07. The Hall–Kier alpha value is -2.08. The number of benzene rings is 2. The van der Waals surface area contributed by atoms with Crippen LogP contribution in [0.4, 0.5) is 0 Å². The molecule has 4 nitrogen and oxygen atoms in total. The number of methoxy groups -OCH3 is 1. The van der Waals surface area contributed by atoms with Crippen LogP contribution in [0.5, 0.6) is 5.75 Å². The molecule has 0 saturated heterocycles. The molecule has 3 rings (SSSR count). The van der Waals surface area contributed by atoms with E-state index in [4.69, 9.17) is 40.2 Å². The number of carbonyl (C=O) groups is 1. The van der Waals surface area contributed by atoms with Crippen molar-refractivity contribution in [2.45, 2.75) is 13.0 Å². The number of nitrogens with zero attached hydrogens (tertiary/aromatic N) is 1. The van der Waals surface area contributed by atoms with Gasteiger partial charge in [0.05, 0.1) is 23.2 Å². The smallest absolute Gasteiger partial charge is 0.193 e. The van der Waals surface area contributed by atoms with Crippen LogP contribution in [0.15, 0.2) is 53.7 Å². The maximum absolute atomic E-state index is 13.3. The Bertz CT molecular complexity index is 921. The minimum atomic E-state index is -0.470. The van der Waals surface area contributed by atoms with Gasteiger partial charge in [-0.15, -0.1) is 0 Å². The average Bonchev–Trinajstić information content (AvgIpc) is 2.65. The minimum Gasteiger partial charge on any atom is -0.494 e. The molecule has 1 atom stereocenters. The maximum Gasteiger partial charge on any atom is 0.193 e. The van der Waals surface area contributed by atoms with E-state index in [-0.39, 0.29) is 5.78 Å². The van der Waals surface area contributed by atoms with Crippen molar-refractivity contribution in [3.05, 3.63) is 74.9 Å². The van der Waals surface area contributed by atoms with Crippen molar-refractivity contribution in [1.82, 2.24) is 10.2 Å². The van der Waals surface area contributed by atoms with Crippen LogP contribution in [0, 0.1) is 0 Å². The predicted octanol–water partition coefficient (Wildman–Crippen LogP) is 5.02. The molecule has 2 aromatic rings. The zero-order chi connectivity index (χ0) is 19.7. The van der Waals surface area contributed by atoms with E-state index in [0.717, 1.165) is 11.3 Å². The number of Topliss-reactive ketones (excluding diaryl/α,β-unsaturated/α-hetero) is 1. The number of ether oxygens (including phenoxy) is 1. The number of hydrogen-bond acceptors (Lipinski definition) is 3. The van der Waals surface area contributed by atoms with Crippen LogP contribution in [0.25, 0.3) is 0 Å². The van der Waals surface area contributed by atoms with Gasteiger partial charge in [-0.25, -0.2) is 0 Å². The minimum absolute atomic E-state index is 0.0805. The lowest BCUT2D eigenvalue weighted by molar-refractivity contribution is 0.102. The Morgan fingerprint density at radius 2 is 1.78 bits per heavy atom. The number of nitrogens with one attached hydrogen (secondary N) is 1. The molecular weight excluding hydrogens is 403 g/mol. The van der Waals surface area contributed by atoms with E-state index in [9.17, 15) is 4.79 Å². The summed E-state index contributed by atoms with van der Waals surface area (Å²) in [6.07, 6.45) is 0. The van der Waals surface area contributed by atoms with Crippen LogP contribution in [0.1, 0.15) is 28.9 Å². The summed E-state index contributed by atoms with van der Waals surface area (Å²) in [6.45, 7) is 1.88. The molecular formula is C20H18Cl2N2O2S. The number of ketones is 1. The molecule has 140 valence electrons. The second-order valence-electron chi connectivity index (χ2n) is 6.15. The van der Waals surface area contributed by atoms with E-state index < -0.39 is 6.04 Å². The van der Waals surface area contributed by atoms with Crippen LogP contribution in [0.2, 0.25) is 10.0 Å². The fraction of sp³-hybridized carbons (Fsp3) is 0.200. The Kier molecular flexibility index (Phi) is 5.75. The largest absolute Gasteiger partial charge is 0.494 e. The monoisotopic (exact) mass is 420 g/mol. The van der Waals surface area contributed by atoms with Gasteiger partial charge in [0.25, 0.3) is 0 Å². The summed E-state index contributed by atoms with van der Waals surface area (Å²) in [5, 5.41) is 4.49. The van der Waals surface area contributed by atoms with Crippen molar-refractivity contribution in [3.8, 4) is 5.75 Å². The first-order valence-electron chi connectivity index (χ1n) is 8.22. The third-order valence-electron chi connectivity index (χ3n) is 4.59. The van der Waals surface area contributed by atoms with Gasteiger partial charge >= 0.3 is 0 Å². The molecule has 0 aliphatic carbocycles. The van der Waals surface area contributed by atoms with E-state index in [2.05, 4.69) is 5.32 Å². The molecule has 27 heavy (non-hydrogen) atoms. The molecule has 0 fully saturated rings. The van der Waals surface area contributed by atoms with Crippen LogP contribution >= 0.6 is 35.4 Å². The third kappa shape index (κ3) is 3.68. The summed E-state index contributed by atoms with van der Waals surface area (Å²) in [6, 6.07) is 12.1. The van der Waals surface area contributed by atoms with Gasteiger partial charge < -0.3 is 15.0 Å². The summed E-state index contributed by atoms with van der Waals surface area (Å²) in [4.78, 5) is 15.1. The summed E-state index contributed by atoms with van der Waals surface area (Å²) in [5.41, 5.74) is 2.71. The lowest BCUT2D eigenvalue weighted by Crippen LogP contribution is -2.45. The first-order valence-corrected chi connectivity index (χ1v) is 9.39. The number of halogens is 2. The highest BCUT2D eigenvalue weighted by Gasteiger charge is 2.33. The van der Waals surface area contributed by atoms with Crippen molar-refractivity contribution in [3.63, 3.8) is 0 Å². The molecule has 0 bridgehead atoms. The van der Waals surface area contributed by atoms with Gasteiger partial charge in [-0.3, -0.25) is 4.79 Å². The maximum atomic E-state index is 13.3. The van der Waals surface area contributed by atoms with Gasteiger partial charge in [0.15, 0.2) is 16.6 Å². The SMILES string of the molecule is COc1c(Cl)cc(C2NC(=S)N(C)C(C)=C2C(=O)c2ccccc2)cc1Cl. The van der Waals surface area contributed by atoms with Crippen LogP contribution in [-0.4, -0.2) is 30.0 Å². The summed E-state index contributed by atoms with van der Waals surface area (Å²) in [5.74, 6) is 0.317. The highest BCUT2D eigenvalue weighted by Crippen LogP contribution is 2.39. The fourth-order valence-corrected chi connectivity index (χ4v) is 3.98. The standard InChI is InChI=1S/C20H18Cl2N2O2S/c1-11-16(18(25)12-7-5-4-6-8-12)17(23-20(27)24(11)2)13-9-14(21)19(26-3)15(22)10-13/h4-10,17H,1-3H3,(H,23,27). The Labute approximate surface area is 173 Å². The zero-order valence-corrected chi connectivity index (χ0v) is 17.4. The predicted molar refractivity (Wildman–Crippen MR) is 113 cm³/mol. The molecule has 0 aromatic heterocycles. The Morgan fingerprint density at radius 1 is 1.19 bits per heavy atom. The average molecular weight is 421 g/mol. The summed E-state index contributed by atoms with van der Waals surface area (Å²) in [7, 11) is 3.33. The van der Waals surface area contributed by atoms with Crippen molar-refractivity contribution in [1.29, 1.82) is 0 Å². The first-order chi connectivity index (χ1) is 12.8. The quantitative estimate of drug-likeness (QED) is 0.555. The topological polar surface area (TPSA) is 41.6 Å². The number of rotatable bonds is 4. The van der Waals surface area contributed by atoms with Gasteiger partial charge in [0.2, 0.25) is 0 Å². The highest BCUT2D eigenvalue weighted by molar-refractivity contribution is 7.80. The Balaban J connectivity index is 2.15. The van der Waals surface area contributed by atoms with Gasteiger partial charge in [-0.05, 0) is 36.8 Å². The van der Waals surface area contributed by atoms with Crippen molar-refractivity contribution >= 4 is 46.3 Å². The molecule has 1 aliphatic rings. The van der Waals surface area contributed by atoms with E-state index in [1.807, 2.05) is 32.2 Å². The van der Waals surface area contributed by atoms with E-state index in [0.29, 0.717) is 32.0 Å².